The number of carbonyl (C=O) groups excluding carboxylic acids is 1. The van der Waals surface area contributed by atoms with Crippen LogP contribution in [0.2, 0.25) is 0 Å². The van der Waals surface area contributed by atoms with E-state index in [9.17, 15) is 9.18 Å². The molecule has 0 unspecified atom stereocenters. The van der Waals surface area contributed by atoms with Gasteiger partial charge in [0.2, 0.25) is 0 Å². The fourth-order valence-corrected chi connectivity index (χ4v) is 2.40. The number of pyridine rings is 2. The lowest BCUT2D eigenvalue weighted by atomic mass is 10.0. The second kappa shape index (κ2) is 7.09. The third kappa shape index (κ3) is 3.98. The molecule has 126 valence electrons. The highest BCUT2D eigenvalue weighted by Gasteiger charge is 2.12. The smallest absolute Gasteiger partial charge is 0.267 e. The number of nitrogens with zero attached hydrogens (tertiary/aromatic N) is 2. The number of ether oxygens (including phenoxy) is 1. The van der Waals surface area contributed by atoms with E-state index in [-0.39, 0.29) is 11.5 Å². The molecule has 3 aromatic rings. The minimum atomic E-state index is -0.639. The molecular formula is C19H16FN3O2. The number of aryl methyl sites for hydroxylation is 1. The summed E-state index contributed by atoms with van der Waals surface area (Å²) in [6, 6.07) is 11.2. The Bertz CT molecular complexity index is 911. The van der Waals surface area contributed by atoms with Crippen LogP contribution in [0, 0.1) is 12.7 Å². The quantitative estimate of drug-likeness (QED) is 0.775. The van der Waals surface area contributed by atoms with Gasteiger partial charge in [-0.05, 0) is 48.4 Å². The van der Waals surface area contributed by atoms with Crippen LogP contribution in [-0.4, -0.2) is 15.9 Å². The first-order chi connectivity index (χ1) is 12.0. The van der Waals surface area contributed by atoms with Gasteiger partial charge >= 0.3 is 0 Å². The summed E-state index contributed by atoms with van der Waals surface area (Å²) in [5.41, 5.74) is 8.59. The minimum Gasteiger partial charge on any atom is -0.487 e. The molecule has 1 amide bonds. The molecule has 2 heterocycles. The summed E-state index contributed by atoms with van der Waals surface area (Å²) in [4.78, 5) is 19.6. The zero-order valence-corrected chi connectivity index (χ0v) is 13.6. The van der Waals surface area contributed by atoms with E-state index in [0.717, 1.165) is 11.3 Å². The van der Waals surface area contributed by atoms with Crippen LogP contribution in [-0.2, 0) is 6.61 Å². The van der Waals surface area contributed by atoms with Gasteiger partial charge in [-0.25, -0.2) is 9.37 Å². The maximum atomic E-state index is 13.2. The van der Waals surface area contributed by atoms with E-state index >= 15 is 0 Å². The minimum absolute atomic E-state index is 0.117. The van der Waals surface area contributed by atoms with Gasteiger partial charge in [0.05, 0.1) is 6.20 Å². The van der Waals surface area contributed by atoms with Gasteiger partial charge in [-0.15, -0.1) is 0 Å². The average Bonchev–Trinajstić information content (AvgIpc) is 2.60. The number of nitrogens with two attached hydrogens (primary N) is 1. The van der Waals surface area contributed by atoms with Crippen LogP contribution in [0.5, 0.6) is 5.75 Å². The average molecular weight is 337 g/mol. The van der Waals surface area contributed by atoms with Crippen LogP contribution in [0.25, 0.3) is 11.1 Å². The van der Waals surface area contributed by atoms with Gasteiger partial charge < -0.3 is 10.5 Å². The summed E-state index contributed by atoms with van der Waals surface area (Å²) < 4.78 is 19.1. The summed E-state index contributed by atoms with van der Waals surface area (Å²) in [6.07, 6.45) is 3.16. The molecular weight excluding hydrogens is 321 g/mol. The molecule has 0 aliphatic heterocycles. The van der Waals surface area contributed by atoms with Crippen molar-refractivity contribution in [2.45, 2.75) is 13.5 Å². The van der Waals surface area contributed by atoms with Crippen molar-refractivity contribution in [1.82, 2.24) is 9.97 Å². The molecule has 0 saturated carbocycles. The van der Waals surface area contributed by atoms with Crippen molar-refractivity contribution in [2.75, 3.05) is 0 Å². The number of hydrogen-bond donors (Lipinski definition) is 1. The number of halogens is 1. The molecule has 25 heavy (non-hydrogen) atoms. The summed E-state index contributed by atoms with van der Waals surface area (Å²) in [6.45, 7) is 2.21. The normalized spacial score (nSPS) is 10.5. The number of hydrogen-bond acceptors (Lipinski definition) is 4. The van der Waals surface area contributed by atoms with Crippen LogP contribution in [0.1, 0.15) is 21.7 Å². The molecule has 1 aromatic carbocycles. The zero-order chi connectivity index (χ0) is 17.8. The Labute approximate surface area is 144 Å². The van der Waals surface area contributed by atoms with Crippen molar-refractivity contribution in [1.29, 1.82) is 0 Å². The second-order valence-corrected chi connectivity index (χ2v) is 5.53. The molecule has 2 aromatic heterocycles. The number of rotatable bonds is 5. The molecule has 0 aliphatic carbocycles. The maximum Gasteiger partial charge on any atom is 0.267 e. The number of benzene rings is 1. The Balaban J connectivity index is 1.94. The molecule has 5 nitrogen and oxygen atoms in total. The topological polar surface area (TPSA) is 78.1 Å². The largest absolute Gasteiger partial charge is 0.487 e. The van der Waals surface area contributed by atoms with Gasteiger partial charge in [-0.1, -0.05) is 12.1 Å². The molecule has 6 heteroatoms. The lowest BCUT2D eigenvalue weighted by Gasteiger charge is -2.12. The van der Waals surface area contributed by atoms with E-state index < -0.39 is 5.91 Å². The van der Waals surface area contributed by atoms with E-state index in [4.69, 9.17) is 10.5 Å². The molecule has 0 aliphatic rings. The zero-order valence-electron chi connectivity index (χ0n) is 13.6. The molecule has 0 atom stereocenters. The second-order valence-electron chi connectivity index (χ2n) is 5.53. The number of primary amides is 1. The number of aromatic nitrogens is 2. The predicted molar refractivity (Wildman–Crippen MR) is 91.5 cm³/mol. The molecule has 0 fully saturated rings. The van der Waals surface area contributed by atoms with Gasteiger partial charge in [0.25, 0.3) is 5.91 Å². The SMILES string of the molecule is Cc1cc(COc2cnc(C(N)=O)cc2-c2ccc(F)cc2)ccn1. The van der Waals surface area contributed by atoms with E-state index in [1.807, 2.05) is 19.1 Å². The van der Waals surface area contributed by atoms with Crippen molar-refractivity contribution >= 4 is 5.91 Å². The van der Waals surface area contributed by atoms with E-state index in [0.29, 0.717) is 23.5 Å². The molecule has 0 saturated heterocycles. The third-order valence-electron chi connectivity index (χ3n) is 3.63. The Morgan fingerprint density at radius 2 is 1.92 bits per heavy atom. The maximum absolute atomic E-state index is 13.2. The number of carbonyl (C=O) groups is 1. The van der Waals surface area contributed by atoms with Gasteiger partial charge in [0.15, 0.2) is 0 Å². The molecule has 0 bridgehead atoms. The van der Waals surface area contributed by atoms with Gasteiger partial charge in [0, 0.05) is 17.5 Å². The van der Waals surface area contributed by atoms with E-state index in [2.05, 4.69) is 9.97 Å². The first kappa shape index (κ1) is 16.6. The summed E-state index contributed by atoms with van der Waals surface area (Å²) in [7, 11) is 0. The van der Waals surface area contributed by atoms with Crippen molar-refractivity contribution in [2.24, 2.45) is 5.73 Å². The molecule has 3 rings (SSSR count). The van der Waals surface area contributed by atoms with Crippen LogP contribution in [0.3, 0.4) is 0 Å². The summed E-state index contributed by atoms with van der Waals surface area (Å²) >= 11 is 0. The van der Waals surface area contributed by atoms with Crippen LogP contribution in [0.15, 0.2) is 54.9 Å². The highest BCUT2D eigenvalue weighted by atomic mass is 19.1. The van der Waals surface area contributed by atoms with Gasteiger partial charge in [-0.2, -0.15) is 0 Å². The molecule has 0 spiro atoms. The van der Waals surface area contributed by atoms with Crippen molar-refractivity contribution in [3.8, 4) is 16.9 Å². The molecule has 0 radical (unpaired) electrons. The number of amides is 1. The van der Waals surface area contributed by atoms with Gasteiger partial charge in [0.1, 0.15) is 23.9 Å². The summed E-state index contributed by atoms with van der Waals surface area (Å²) in [5.74, 6) is -0.506. The lowest BCUT2D eigenvalue weighted by Crippen LogP contribution is -2.13. The molecule has 2 N–H and O–H groups in total. The first-order valence-electron chi connectivity index (χ1n) is 7.63. The van der Waals surface area contributed by atoms with Crippen molar-refractivity contribution in [3.63, 3.8) is 0 Å². The van der Waals surface area contributed by atoms with Crippen molar-refractivity contribution < 1.29 is 13.9 Å². The first-order valence-corrected chi connectivity index (χ1v) is 7.63. The van der Waals surface area contributed by atoms with Gasteiger partial charge in [-0.3, -0.25) is 9.78 Å². The lowest BCUT2D eigenvalue weighted by molar-refractivity contribution is 0.0995. The monoisotopic (exact) mass is 337 g/mol. The van der Waals surface area contributed by atoms with E-state index in [1.165, 1.54) is 18.3 Å². The van der Waals surface area contributed by atoms with Crippen LogP contribution < -0.4 is 10.5 Å². The predicted octanol–water partition coefficient (Wildman–Crippen LogP) is 3.27. The Morgan fingerprint density at radius 3 is 2.60 bits per heavy atom. The summed E-state index contributed by atoms with van der Waals surface area (Å²) in [5, 5.41) is 0. The van der Waals surface area contributed by atoms with Crippen molar-refractivity contribution in [3.05, 3.63) is 77.6 Å². The highest BCUT2D eigenvalue weighted by Crippen LogP contribution is 2.30. The highest BCUT2D eigenvalue weighted by molar-refractivity contribution is 5.92. The Kier molecular flexibility index (Phi) is 4.70. The van der Waals surface area contributed by atoms with Crippen LogP contribution in [0.4, 0.5) is 4.39 Å². The fraction of sp³-hybridized carbons (Fsp3) is 0.105. The van der Waals surface area contributed by atoms with E-state index in [1.54, 1.807) is 24.4 Å². The van der Waals surface area contributed by atoms with Crippen LogP contribution >= 0.6 is 0 Å². The Hall–Kier alpha value is -3.28. The fourth-order valence-electron chi connectivity index (χ4n) is 2.40. The standard InChI is InChI=1S/C19H16FN3O2/c1-12-8-13(6-7-22-12)11-25-18-10-23-17(19(21)24)9-16(18)14-2-4-15(20)5-3-14/h2-10H,11H2,1H3,(H2,21,24). The third-order valence-corrected chi connectivity index (χ3v) is 3.63. The Morgan fingerprint density at radius 1 is 1.16 bits per heavy atom.